The van der Waals surface area contributed by atoms with Crippen LogP contribution in [0.15, 0.2) is 24.3 Å². The van der Waals surface area contributed by atoms with Crippen LogP contribution in [0.3, 0.4) is 0 Å². The zero-order chi connectivity index (χ0) is 12.8. The number of benzene rings is 1. The molecule has 98 valence electrons. The Morgan fingerprint density at radius 3 is 2.94 bits per heavy atom. The number of hydrogen-bond donors (Lipinski definition) is 2. The van der Waals surface area contributed by atoms with Gasteiger partial charge in [0, 0.05) is 13.0 Å². The lowest BCUT2D eigenvalue weighted by Gasteiger charge is -2.26. The van der Waals surface area contributed by atoms with Crippen molar-refractivity contribution in [3.63, 3.8) is 0 Å². The highest BCUT2D eigenvalue weighted by atomic mass is 16.6. The normalized spacial score (nSPS) is 17.3. The molecule has 5 heteroatoms. The Bertz CT molecular complexity index is 409. The molecule has 1 aliphatic heterocycles. The smallest absolute Gasteiger partial charge is 0.221 e. The van der Waals surface area contributed by atoms with Gasteiger partial charge in [-0.3, -0.25) is 4.79 Å². The molecule has 5 nitrogen and oxygen atoms in total. The van der Waals surface area contributed by atoms with Crippen molar-refractivity contribution in [3.8, 4) is 11.5 Å². The first kappa shape index (κ1) is 12.7. The van der Waals surface area contributed by atoms with Crippen molar-refractivity contribution in [3.05, 3.63) is 24.3 Å². The number of carbonyl (C=O) groups excluding carboxylic acids is 1. The highest BCUT2D eigenvalue weighted by molar-refractivity contribution is 5.76. The van der Waals surface area contributed by atoms with E-state index >= 15 is 0 Å². The number of rotatable bonds is 5. The predicted octanol–water partition coefficient (Wildman–Crippen LogP) is 0.552. The fourth-order valence-electron chi connectivity index (χ4n) is 1.72. The topological polar surface area (TPSA) is 59.6 Å². The second kappa shape index (κ2) is 6.26. The van der Waals surface area contributed by atoms with Crippen molar-refractivity contribution in [1.82, 2.24) is 10.6 Å². The first-order valence-electron chi connectivity index (χ1n) is 6.09. The van der Waals surface area contributed by atoms with E-state index in [1.54, 1.807) is 0 Å². The van der Waals surface area contributed by atoms with Crippen LogP contribution in [0.2, 0.25) is 0 Å². The first-order valence-corrected chi connectivity index (χ1v) is 6.09. The van der Waals surface area contributed by atoms with Crippen molar-refractivity contribution in [2.75, 3.05) is 26.7 Å². The molecular formula is C13H18N2O3. The summed E-state index contributed by atoms with van der Waals surface area (Å²) >= 11 is 0. The largest absolute Gasteiger partial charge is 0.486 e. The molecule has 2 N–H and O–H groups in total. The van der Waals surface area contributed by atoms with Crippen LogP contribution in [0.1, 0.15) is 6.42 Å². The maximum Gasteiger partial charge on any atom is 0.221 e. The summed E-state index contributed by atoms with van der Waals surface area (Å²) in [5.41, 5.74) is 0. The predicted molar refractivity (Wildman–Crippen MR) is 67.9 cm³/mol. The molecule has 0 saturated carbocycles. The van der Waals surface area contributed by atoms with Gasteiger partial charge in [0.25, 0.3) is 0 Å². The van der Waals surface area contributed by atoms with Crippen molar-refractivity contribution in [2.24, 2.45) is 0 Å². The van der Waals surface area contributed by atoms with E-state index in [0.717, 1.165) is 11.5 Å². The Morgan fingerprint density at radius 2 is 2.17 bits per heavy atom. The Morgan fingerprint density at radius 1 is 1.39 bits per heavy atom. The van der Waals surface area contributed by atoms with Crippen LogP contribution in [0.25, 0.3) is 0 Å². The van der Waals surface area contributed by atoms with Gasteiger partial charge in [-0.25, -0.2) is 0 Å². The third-order valence-corrected chi connectivity index (χ3v) is 2.70. The molecule has 1 aromatic carbocycles. The summed E-state index contributed by atoms with van der Waals surface area (Å²) < 4.78 is 11.3. The third-order valence-electron chi connectivity index (χ3n) is 2.70. The van der Waals surface area contributed by atoms with E-state index in [2.05, 4.69) is 10.6 Å². The summed E-state index contributed by atoms with van der Waals surface area (Å²) in [6.07, 6.45) is 0.346. The van der Waals surface area contributed by atoms with Crippen LogP contribution in [0.5, 0.6) is 11.5 Å². The molecule has 2 rings (SSSR count). The quantitative estimate of drug-likeness (QED) is 0.801. The maximum atomic E-state index is 11.4. The van der Waals surface area contributed by atoms with Crippen molar-refractivity contribution < 1.29 is 14.3 Å². The maximum absolute atomic E-state index is 11.4. The van der Waals surface area contributed by atoms with E-state index in [9.17, 15) is 4.79 Å². The lowest BCUT2D eigenvalue weighted by atomic mass is 10.2. The minimum atomic E-state index is -0.126. The first-order chi connectivity index (χ1) is 8.79. The lowest BCUT2D eigenvalue weighted by Crippen LogP contribution is -2.41. The highest BCUT2D eigenvalue weighted by Crippen LogP contribution is 2.30. The molecule has 1 unspecified atom stereocenters. The van der Waals surface area contributed by atoms with E-state index in [1.807, 2.05) is 31.3 Å². The lowest BCUT2D eigenvalue weighted by molar-refractivity contribution is -0.121. The standard InChI is InChI=1S/C13H18N2O3/c1-14-7-6-13(16)15-8-10-9-17-11-4-2-3-5-12(11)18-10/h2-5,10,14H,6-9H2,1H3,(H,15,16). The minimum Gasteiger partial charge on any atom is -0.486 e. The molecule has 1 atom stereocenters. The molecule has 0 bridgehead atoms. The molecule has 0 aliphatic carbocycles. The molecule has 0 spiro atoms. The molecule has 1 aromatic rings. The Kier molecular flexibility index (Phi) is 4.41. The van der Waals surface area contributed by atoms with Gasteiger partial charge >= 0.3 is 0 Å². The highest BCUT2D eigenvalue weighted by Gasteiger charge is 2.20. The van der Waals surface area contributed by atoms with E-state index in [0.29, 0.717) is 26.1 Å². The van der Waals surface area contributed by atoms with Crippen LogP contribution in [0.4, 0.5) is 0 Å². The Hall–Kier alpha value is -1.75. The monoisotopic (exact) mass is 250 g/mol. The second-order valence-electron chi connectivity index (χ2n) is 4.16. The molecule has 1 heterocycles. The SMILES string of the molecule is CNCCC(=O)NCC1COc2ccccc2O1. The van der Waals surface area contributed by atoms with Gasteiger partial charge in [-0.15, -0.1) is 0 Å². The van der Waals surface area contributed by atoms with Crippen molar-refractivity contribution >= 4 is 5.91 Å². The van der Waals surface area contributed by atoms with Crippen LogP contribution in [-0.4, -0.2) is 38.8 Å². The number of fused-ring (bicyclic) bond motifs is 1. The van der Waals surface area contributed by atoms with Gasteiger partial charge in [0.2, 0.25) is 5.91 Å². The zero-order valence-electron chi connectivity index (χ0n) is 10.4. The average Bonchev–Trinajstić information content (AvgIpc) is 2.42. The molecule has 0 saturated heterocycles. The molecule has 0 aromatic heterocycles. The van der Waals surface area contributed by atoms with Crippen LogP contribution >= 0.6 is 0 Å². The van der Waals surface area contributed by atoms with Crippen LogP contribution in [-0.2, 0) is 4.79 Å². The number of carbonyl (C=O) groups is 1. The van der Waals surface area contributed by atoms with Crippen LogP contribution < -0.4 is 20.1 Å². The number of nitrogens with one attached hydrogen (secondary N) is 2. The number of hydrogen-bond acceptors (Lipinski definition) is 4. The van der Waals surface area contributed by atoms with Crippen molar-refractivity contribution in [2.45, 2.75) is 12.5 Å². The summed E-state index contributed by atoms with van der Waals surface area (Å²) in [6.45, 7) is 1.61. The minimum absolute atomic E-state index is 0.0202. The third kappa shape index (κ3) is 3.37. The number of amides is 1. The number of ether oxygens (including phenoxy) is 2. The fourth-order valence-corrected chi connectivity index (χ4v) is 1.72. The van der Waals surface area contributed by atoms with Gasteiger partial charge in [-0.05, 0) is 19.2 Å². The van der Waals surface area contributed by atoms with E-state index in [4.69, 9.17) is 9.47 Å². The van der Waals surface area contributed by atoms with Gasteiger partial charge in [-0.1, -0.05) is 12.1 Å². The van der Waals surface area contributed by atoms with Gasteiger partial charge in [0.1, 0.15) is 12.7 Å². The Balaban J connectivity index is 1.78. The average molecular weight is 250 g/mol. The van der Waals surface area contributed by atoms with Crippen LogP contribution in [0, 0.1) is 0 Å². The summed E-state index contributed by atoms with van der Waals surface area (Å²) in [5, 5.41) is 5.77. The molecule has 0 fully saturated rings. The number of para-hydroxylation sites is 2. The molecule has 1 aliphatic rings. The Labute approximate surface area is 106 Å². The van der Waals surface area contributed by atoms with E-state index in [1.165, 1.54) is 0 Å². The van der Waals surface area contributed by atoms with E-state index < -0.39 is 0 Å². The van der Waals surface area contributed by atoms with Gasteiger partial charge in [0.15, 0.2) is 11.5 Å². The van der Waals surface area contributed by atoms with E-state index in [-0.39, 0.29) is 12.0 Å². The molecule has 1 amide bonds. The summed E-state index contributed by atoms with van der Waals surface area (Å²) in [4.78, 5) is 11.4. The van der Waals surface area contributed by atoms with Gasteiger partial charge in [0.05, 0.1) is 6.54 Å². The summed E-state index contributed by atoms with van der Waals surface area (Å²) in [7, 11) is 1.82. The van der Waals surface area contributed by atoms with Crippen molar-refractivity contribution in [1.29, 1.82) is 0 Å². The fraction of sp³-hybridized carbons (Fsp3) is 0.462. The molecule has 18 heavy (non-hydrogen) atoms. The molecule has 0 radical (unpaired) electrons. The van der Waals surface area contributed by atoms with Gasteiger partial charge < -0.3 is 20.1 Å². The molecular weight excluding hydrogens is 232 g/mol. The summed E-state index contributed by atoms with van der Waals surface area (Å²) in [5.74, 6) is 1.51. The van der Waals surface area contributed by atoms with Gasteiger partial charge in [-0.2, -0.15) is 0 Å². The zero-order valence-corrected chi connectivity index (χ0v) is 10.4. The summed E-state index contributed by atoms with van der Waals surface area (Å²) in [6, 6.07) is 7.54. The second-order valence-corrected chi connectivity index (χ2v) is 4.16.